The van der Waals surface area contributed by atoms with E-state index >= 15 is 0 Å². The molecular weight excluding hydrogens is 264 g/mol. The molecule has 0 bridgehead atoms. The van der Waals surface area contributed by atoms with Gasteiger partial charge in [-0.3, -0.25) is 16.0 Å². The average molecular weight is 292 g/mol. The van der Waals surface area contributed by atoms with Gasteiger partial charge in [0.05, 0.1) is 17.8 Å². The molecule has 2 fully saturated rings. The van der Waals surface area contributed by atoms with Gasteiger partial charge in [0.1, 0.15) is 0 Å². The SMILES string of the molecule is NNC(Cc1ccn(C2CCCC2)n1)CC1CCCCO1. The molecule has 21 heavy (non-hydrogen) atoms. The molecule has 2 unspecified atom stereocenters. The lowest BCUT2D eigenvalue weighted by molar-refractivity contribution is 0.00518. The van der Waals surface area contributed by atoms with Crippen molar-refractivity contribution in [3.8, 4) is 0 Å². The predicted molar refractivity (Wildman–Crippen MR) is 82.8 cm³/mol. The highest BCUT2D eigenvalue weighted by molar-refractivity contribution is 5.03. The normalized spacial score (nSPS) is 25.3. The Morgan fingerprint density at radius 3 is 2.81 bits per heavy atom. The zero-order chi connectivity index (χ0) is 14.5. The molecular formula is C16H28N4O. The third kappa shape index (κ3) is 4.05. The van der Waals surface area contributed by atoms with E-state index in [4.69, 9.17) is 15.7 Å². The average Bonchev–Trinajstić information content (AvgIpc) is 3.18. The minimum absolute atomic E-state index is 0.250. The molecule has 3 rings (SSSR count). The Morgan fingerprint density at radius 1 is 1.29 bits per heavy atom. The van der Waals surface area contributed by atoms with Crippen LogP contribution in [0.3, 0.4) is 0 Å². The van der Waals surface area contributed by atoms with Crippen molar-refractivity contribution in [2.45, 2.75) is 76.0 Å². The molecule has 1 saturated carbocycles. The molecule has 0 radical (unpaired) electrons. The van der Waals surface area contributed by atoms with E-state index in [1.54, 1.807) is 0 Å². The van der Waals surface area contributed by atoms with Gasteiger partial charge < -0.3 is 4.74 Å². The number of rotatable bonds is 6. The lowest BCUT2D eigenvalue weighted by atomic mass is 9.99. The number of hydrazine groups is 1. The molecule has 5 nitrogen and oxygen atoms in total. The smallest absolute Gasteiger partial charge is 0.0640 e. The molecule has 5 heteroatoms. The van der Waals surface area contributed by atoms with Gasteiger partial charge in [0.25, 0.3) is 0 Å². The van der Waals surface area contributed by atoms with Crippen LogP contribution in [-0.2, 0) is 11.2 Å². The number of aromatic nitrogens is 2. The standard InChI is InChI=1S/C16H28N4O/c17-18-14(12-16-7-3-4-10-21-16)11-13-8-9-20(19-13)15-5-1-2-6-15/h8-9,14-16,18H,1-7,10-12,17H2. The van der Waals surface area contributed by atoms with Crippen LogP contribution in [0.1, 0.15) is 63.1 Å². The molecule has 118 valence electrons. The van der Waals surface area contributed by atoms with E-state index in [2.05, 4.69) is 22.4 Å². The second-order valence-electron chi connectivity index (χ2n) is 6.52. The highest BCUT2D eigenvalue weighted by Gasteiger charge is 2.21. The van der Waals surface area contributed by atoms with Crippen LogP contribution in [-0.4, -0.2) is 28.5 Å². The Kier molecular flexibility index (Phi) is 5.27. The van der Waals surface area contributed by atoms with Gasteiger partial charge in [-0.2, -0.15) is 5.10 Å². The van der Waals surface area contributed by atoms with Crippen LogP contribution in [0, 0.1) is 0 Å². The van der Waals surface area contributed by atoms with Crippen LogP contribution in [0.25, 0.3) is 0 Å². The Hall–Kier alpha value is -0.910. The summed E-state index contributed by atoms with van der Waals surface area (Å²) in [6.07, 6.45) is 13.2. The van der Waals surface area contributed by atoms with Gasteiger partial charge in [-0.25, -0.2) is 0 Å². The lowest BCUT2D eigenvalue weighted by Crippen LogP contribution is -2.40. The summed E-state index contributed by atoms with van der Waals surface area (Å²) < 4.78 is 7.97. The summed E-state index contributed by atoms with van der Waals surface area (Å²) in [5.41, 5.74) is 4.09. The van der Waals surface area contributed by atoms with Crippen LogP contribution in [0.15, 0.2) is 12.3 Å². The van der Waals surface area contributed by atoms with Crippen molar-refractivity contribution in [2.75, 3.05) is 6.61 Å². The molecule has 1 aromatic heterocycles. The molecule has 1 aromatic rings. The molecule has 0 spiro atoms. The van der Waals surface area contributed by atoms with Crippen molar-refractivity contribution in [3.63, 3.8) is 0 Å². The minimum Gasteiger partial charge on any atom is -0.378 e. The third-order valence-corrected chi connectivity index (χ3v) is 4.88. The molecule has 1 saturated heterocycles. The first kappa shape index (κ1) is 15.0. The van der Waals surface area contributed by atoms with Crippen LogP contribution >= 0.6 is 0 Å². The van der Waals surface area contributed by atoms with Gasteiger partial charge in [0.2, 0.25) is 0 Å². The monoisotopic (exact) mass is 292 g/mol. The van der Waals surface area contributed by atoms with Crippen molar-refractivity contribution >= 4 is 0 Å². The van der Waals surface area contributed by atoms with Gasteiger partial charge in [0, 0.05) is 25.3 Å². The highest BCUT2D eigenvalue weighted by Crippen LogP contribution is 2.28. The summed E-state index contributed by atoms with van der Waals surface area (Å²) in [6, 6.07) is 3.01. The first-order chi connectivity index (χ1) is 10.3. The Balaban J connectivity index is 1.53. The first-order valence-corrected chi connectivity index (χ1v) is 8.47. The summed E-state index contributed by atoms with van der Waals surface area (Å²) in [7, 11) is 0. The van der Waals surface area contributed by atoms with E-state index in [9.17, 15) is 0 Å². The second-order valence-corrected chi connectivity index (χ2v) is 6.52. The molecule has 1 aliphatic heterocycles. The largest absolute Gasteiger partial charge is 0.378 e. The Labute approximate surface area is 127 Å². The third-order valence-electron chi connectivity index (χ3n) is 4.88. The number of nitrogens with zero attached hydrogens (tertiary/aromatic N) is 2. The van der Waals surface area contributed by atoms with Crippen molar-refractivity contribution < 1.29 is 4.74 Å². The lowest BCUT2D eigenvalue weighted by Gasteiger charge is -2.26. The summed E-state index contributed by atoms with van der Waals surface area (Å²) >= 11 is 0. The molecule has 0 amide bonds. The molecule has 2 aliphatic rings. The van der Waals surface area contributed by atoms with E-state index in [1.807, 2.05) is 0 Å². The number of hydrogen-bond acceptors (Lipinski definition) is 4. The van der Waals surface area contributed by atoms with E-state index in [1.165, 1.54) is 38.5 Å². The van der Waals surface area contributed by atoms with E-state index in [0.29, 0.717) is 12.1 Å². The summed E-state index contributed by atoms with van der Waals surface area (Å²) in [6.45, 7) is 0.901. The van der Waals surface area contributed by atoms with E-state index in [0.717, 1.165) is 31.6 Å². The van der Waals surface area contributed by atoms with Crippen molar-refractivity contribution in [1.29, 1.82) is 0 Å². The zero-order valence-electron chi connectivity index (χ0n) is 12.8. The van der Waals surface area contributed by atoms with Gasteiger partial charge in [-0.05, 0) is 44.6 Å². The van der Waals surface area contributed by atoms with E-state index < -0.39 is 0 Å². The number of ether oxygens (including phenoxy) is 1. The number of nitrogens with one attached hydrogen (secondary N) is 1. The molecule has 1 aliphatic carbocycles. The Morgan fingerprint density at radius 2 is 2.10 bits per heavy atom. The molecule has 2 heterocycles. The van der Waals surface area contributed by atoms with Crippen molar-refractivity contribution in [1.82, 2.24) is 15.2 Å². The maximum atomic E-state index is 5.81. The van der Waals surface area contributed by atoms with Gasteiger partial charge in [-0.15, -0.1) is 0 Å². The topological polar surface area (TPSA) is 65.1 Å². The second kappa shape index (κ2) is 7.38. The minimum atomic E-state index is 0.250. The maximum Gasteiger partial charge on any atom is 0.0640 e. The summed E-state index contributed by atoms with van der Waals surface area (Å²) in [5, 5.41) is 4.75. The first-order valence-electron chi connectivity index (χ1n) is 8.47. The molecule has 0 aromatic carbocycles. The fourth-order valence-electron chi connectivity index (χ4n) is 3.63. The quantitative estimate of drug-likeness (QED) is 0.624. The van der Waals surface area contributed by atoms with Crippen LogP contribution < -0.4 is 11.3 Å². The van der Waals surface area contributed by atoms with Crippen LogP contribution in [0.4, 0.5) is 0 Å². The highest BCUT2D eigenvalue weighted by atomic mass is 16.5. The van der Waals surface area contributed by atoms with Crippen LogP contribution in [0.5, 0.6) is 0 Å². The molecule has 3 N–H and O–H groups in total. The van der Waals surface area contributed by atoms with Gasteiger partial charge in [0.15, 0.2) is 0 Å². The molecule has 2 atom stereocenters. The number of nitrogens with two attached hydrogens (primary N) is 1. The Bertz CT molecular complexity index is 422. The van der Waals surface area contributed by atoms with Crippen molar-refractivity contribution in [2.24, 2.45) is 5.84 Å². The van der Waals surface area contributed by atoms with Crippen LogP contribution in [0.2, 0.25) is 0 Å². The van der Waals surface area contributed by atoms with Crippen molar-refractivity contribution in [3.05, 3.63) is 18.0 Å². The fourth-order valence-corrected chi connectivity index (χ4v) is 3.63. The fraction of sp³-hybridized carbons (Fsp3) is 0.812. The van der Waals surface area contributed by atoms with E-state index in [-0.39, 0.29) is 6.04 Å². The summed E-state index contributed by atoms with van der Waals surface area (Å²) in [4.78, 5) is 0. The van der Waals surface area contributed by atoms with Gasteiger partial charge >= 0.3 is 0 Å². The number of hydrogen-bond donors (Lipinski definition) is 2. The van der Waals surface area contributed by atoms with Gasteiger partial charge in [-0.1, -0.05) is 12.8 Å². The maximum absolute atomic E-state index is 5.81. The zero-order valence-corrected chi connectivity index (χ0v) is 12.8. The predicted octanol–water partition coefficient (Wildman–Crippen LogP) is 2.33. The summed E-state index contributed by atoms with van der Waals surface area (Å²) in [5.74, 6) is 5.73.